The highest BCUT2D eigenvalue weighted by molar-refractivity contribution is 8.00. The number of nitriles is 1. The van der Waals surface area contributed by atoms with Crippen molar-refractivity contribution in [1.82, 2.24) is 0 Å². The van der Waals surface area contributed by atoms with Crippen molar-refractivity contribution in [3.63, 3.8) is 0 Å². The van der Waals surface area contributed by atoms with Crippen LogP contribution in [0, 0.1) is 18.3 Å². The van der Waals surface area contributed by atoms with Crippen LogP contribution in [0.4, 0.5) is 11.4 Å². The SMILES string of the molecule is Cc1ccc(N2C(=O)CSc3cc(C#N)ccc32)cc1. The molecule has 4 heteroatoms. The van der Waals surface area contributed by atoms with E-state index in [1.165, 1.54) is 11.8 Å². The number of carbonyl (C=O) groups excluding carboxylic acids is 1. The van der Waals surface area contributed by atoms with Gasteiger partial charge in [0.2, 0.25) is 5.91 Å². The number of amides is 1. The molecule has 0 aromatic heterocycles. The quantitative estimate of drug-likeness (QED) is 0.801. The first-order chi connectivity index (χ1) is 9.69. The monoisotopic (exact) mass is 280 g/mol. The van der Waals surface area contributed by atoms with E-state index in [-0.39, 0.29) is 5.91 Å². The predicted molar refractivity (Wildman–Crippen MR) is 80.2 cm³/mol. The summed E-state index contributed by atoms with van der Waals surface area (Å²) >= 11 is 1.49. The fourth-order valence-corrected chi connectivity index (χ4v) is 3.12. The molecule has 98 valence electrons. The molecule has 1 heterocycles. The van der Waals surface area contributed by atoms with Crippen LogP contribution in [0.25, 0.3) is 0 Å². The standard InChI is InChI=1S/C16H12N2OS/c1-11-2-5-13(6-3-11)18-14-7-4-12(9-17)8-15(14)20-10-16(18)19/h2-8H,10H2,1H3. The summed E-state index contributed by atoms with van der Waals surface area (Å²) in [6, 6.07) is 15.5. The van der Waals surface area contributed by atoms with Crippen molar-refractivity contribution in [2.75, 3.05) is 10.7 Å². The highest BCUT2D eigenvalue weighted by atomic mass is 32.2. The molecular formula is C16H12N2OS. The first-order valence-electron chi connectivity index (χ1n) is 6.25. The van der Waals surface area contributed by atoms with Crippen LogP contribution in [-0.4, -0.2) is 11.7 Å². The number of aryl methyl sites for hydroxylation is 1. The molecule has 3 nitrogen and oxygen atoms in total. The Morgan fingerprint density at radius 1 is 1.20 bits per heavy atom. The Kier molecular flexibility index (Phi) is 3.21. The maximum atomic E-state index is 12.2. The summed E-state index contributed by atoms with van der Waals surface area (Å²) in [6.45, 7) is 2.02. The van der Waals surface area contributed by atoms with Crippen LogP contribution < -0.4 is 4.90 Å². The van der Waals surface area contributed by atoms with E-state index in [0.717, 1.165) is 21.8 Å². The van der Waals surface area contributed by atoms with Crippen molar-refractivity contribution in [1.29, 1.82) is 5.26 Å². The van der Waals surface area contributed by atoms with Crippen LogP contribution in [-0.2, 0) is 4.79 Å². The van der Waals surface area contributed by atoms with Gasteiger partial charge in [-0.15, -0.1) is 11.8 Å². The topological polar surface area (TPSA) is 44.1 Å². The molecule has 1 amide bonds. The second-order valence-corrected chi connectivity index (χ2v) is 5.66. The first kappa shape index (κ1) is 12.8. The highest BCUT2D eigenvalue weighted by Gasteiger charge is 2.26. The highest BCUT2D eigenvalue weighted by Crippen LogP contribution is 2.39. The normalized spacial score (nSPS) is 13.8. The summed E-state index contributed by atoms with van der Waals surface area (Å²) in [4.78, 5) is 14.9. The Morgan fingerprint density at radius 3 is 2.65 bits per heavy atom. The molecule has 0 unspecified atom stereocenters. The smallest absolute Gasteiger partial charge is 0.241 e. The Morgan fingerprint density at radius 2 is 1.95 bits per heavy atom. The molecule has 0 radical (unpaired) electrons. The third-order valence-corrected chi connectivity index (χ3v) is 4.25. The maximum absolute atomic E-state index is 12.2. The van der Waals surface area contributed by atoms with E-state index in [1.54, 1.807) is 11.0 Å². The molecule has 0 atom stereocenters. The fourth-order valence-electron chi connectivity index (χ4n) is 2.20. The second kappa shape index (κ2) is 5.03. The van der Waals surface area contributed by atoms with Gasteiger partial charge in [0.15, 0.2) is 0 Å². The molecule has 2 aromatic carbocycles. The number of thioether (sulfide) groups is 1. The Labute approximate surface area is 121 Å². The van der Waals surface area contributed by atoms with E-state index >= 15 is 0 Å². The number of hydrogen-bond donors (Lipinski definition) is 0. The van der Waals surface area contributed by atoms with Gasteiger partial charge in [-0.05, 0) is 37.3 Å². The average molecular weight is 280 g/mol. The molecule has 1 aliphatic heterocycles. The minimum atomic E-state index is 0.0658. The van der Waals surface area contributed by atoms with Gasteiger partial charge in [-0.3, -0.25) is 9.69 Å². The van der Waals surface area contributed by atoms with E-state index in [2.05, 4.69) is 6.07 Å². The van der Waals surface area contributed by atoms with E-state index in [1.807, 2.05) is 43.3 Å². The van der Waals surface area contributed by atoms with Gasteiger partial charge < -0.3 is 0 Å². The number of nitrogens with zero attached hydrogens (tertiary/aromatic N) is 2. The molecule has 0 spiro atoms. The summed E-state index contributed by atoms with van der Waals surface area (Å²) in [5.74, 6) is 0.464. The zero-order valence-electron chi connectivity index (χ0n) is 11.0. The van der Waals surface area contributed by atoms with Crippen molar-refractivity contribution in [2.24, 2.45) is 0 Å². The van der Waals surface area contributed by atoms with Gasteiger partial charge >= 0.3 is 0 Å². The zero-order valence-corrected chi connectivity index (χ0v) is 11.8. The zero-order chi connectivity index (χ0) is 14.1. The predicted octanol–water partition coefficient (Wildman–Crippen LogP) is 3.64. The molecule has 0 fully saturated rings. The summed E-state index contributed by atoms with van der Waals surface area (Å²) in [5, 5.41) is 8.96. The third-order valence-electron chi connectivity index (χ3n) is 3.22. The number of benzene rings is 2. The number of rotatable bonds is 1. The lowest BCUT2D eigenvalue weighted by molar-refractivity contribution is -0.115. The van der Waals surface area contributed by atoms with Crippen molar-refractivity contribution in [3.05, 3.63) is 53.6 Å². The van der Waals surface area contributed by atoms with Gasteiger partial charge in [0.25, 0.3) is 0 Å². The molecule has 0 aliphatic carbocycles. The van der Waals surface area contributed by atoms with Crippen molar-refractivity contribution >= 4 is 29.0 Å². The first-order valence-corrected chi connectivity index (χ1v) is 7.24. The van der Waals surface area contributed by atoms with Crippen LogP contribution in [0.3, 0.4) is 0 Å². The molecular weight excluding hydrogens is 268 g/mol. The van der Waals surface area contributed by atoms with E-state index < -0.39 is 0 Å². The fraction of sp³-hybridized carbons (Fsp3) is 0.125. The average Bonchev–Trinajstić information content (AvgIpc) is 2.48. The molecule has 20 heavy (non-hydrogen) atoms. The lowest BCUT2D eigenvalue weighted by Crippen LogP contribution is -2.30. The largest absolute Gasteiger partial charge is 0.279 e. The molecule has 3 rings (SSSR count). The van der Waals surface area contributed by atoms with Gasteiger partial charge in [-0.1, -0.05) is 17.7 Å². The summed E-state index contributed by atoms with van der Waals surface area (Å²) < 4.78 is 0. The lowest BCUT2D eigenvalue weighted by atomic mass is 10.1. The summed E-state index contributed by atoms with van der Waals surface area (Å²) in [5.41, 5.74) is 3.50. The Bertz CT molecular complexity index is 716. The van der Waals surface area contributed by atoms with Crippen LogP contribution in [0.15, 0.2) is 47.4 Å². The summed E-state index contributed by atoms with van der Waals surface area (Å²) in [6.07, 6.45) is 0. The van der Waals surface area contributed by atoms with Gasteiger partial charge in [0.05, 0.1) is 23.1 Å². The van der Waals surface area contributed by atoms with Crippen LogP contribution >= 0.6 is 11.8 Å². The number of hydrogen-bond acceptors (Lipinski definition) is 3. The van der Waals surface area contributed by atoms with Gasteiger partial charge in [0.1, 0.15) is 0 Å². The Balaban J connectivity index is 2.10. The van der Waals surface area contributed by atoms with E-state index in [4.69, 9.17) is 5.26 Å². The number of fused-ring (bicyclic) bond motifs is 1. The molecule has 0 saturated carbocycles. The van der Waals surface area contributed by atoms with Crippen molar-refractivity contribution in [2.45, 2.75) is 11.8 Å². The van der Waals surface area contributed by atoms with Crippen LogP contribution in [0.2, 0.25) is 0 Å². The second-order valence-electron chi connectivity index (χ2n) is 4.65. The van der Waals surface area contributed by atoms with Crippen molar-refractivity contribution < 1.29 is 4.79 Å². The summed E-state index contributed by atoms with van der Waals surface area (Å²) in [7, 11) is 0. The number of anilines is 2. The molecule has 1 aliphatic rings. The van der Waals surface area contributed by atoms with Crippen LogP contribution in [0.1, 0.15) is 11.1 Å². The molecule has 0 N–H and O–H groups in total. The molecule has 2 aromatic rings. The maximum Gasteiger partial charge on any atom is 0.241 e. The molecule has 0 bridgehead atoms. The van der Waals surface area contributed by atoms with Crippen molar-refractivity contribution in [3.8, 4) is 6.07 Å². The number of carbonyl (C=O) groups is 1. The lowest BCUT2D eigenvalue weighted by Gasteiger charge is -2.29. The van der Waals surface area contributed by atoms with Gasteiger partial charge in [0, 0.05) is 10.6 Å². The third kappa shape index (κ3) is 2.17. The minimum absolute atomic E-state index is 0.0658. The van der Waals surface area contributed by atoms with Gasteiger partial charge in [-0.2, -0.15) is 5.26 Å². The van der Waals surface area contributed by atoms with E-state index in [0.29, 0.717) is 11.3 Å². The molecule has 0 saturated heterocycles. The Hall–Kier alpha value is -2.25. The minimum Gasteiger partial charge on any atom is -0.279 e. The van der Waals surface area contributed by atoms with Gasteiger partial charge in [-0.25, -0.2) is 0 Å². The van der Waals surface area contributed by atoms with E-state index in [9.17, 15) is 4.79 Å². The van der Waals surface area contributed by atoms with Crippen LogP contribution in [0.5, 0.6) is 0 Å².